The smallest absolute Gasteiger partial charge is 0.308 e. The van der Waals surface area contributed by atoms with Gasteiger partial charge in [-0.2, -0.15) is 0 Å². The molecule has 10 nitrogen and oxygen atoms in total. The highest BCUT2D eigenvalue weighted by Crippen LogP contribution is 2.49. The van der Waals surface area contributed by atoms with Crippen molar-refractivity contribution < 1.29 is 47.6 Å². The zero-order chi connectivity index (χ0) is 42.2. The first kappa shape index (κ1) is 40.8. The fourth-order valence-corrected chi connectivity index (χ4v) is 7.46. The Morgan fingerprint density at radius 1 is 0.400 bits per heavy atom. The van der Waals surface area contributed by atoms with E-state index in [1.165, 1.54) is 58.3 Å². The molecule has 0 heterocycles. The van der Waals surface area contributed by atoms with Crippen molar-refractivity contribution in [2.75, 3.05) is 0 Å². The predicted molar refractivity (Wildman–Crippen MR) is 216 cm³/mol. The summed E-state index contributed by atoms with van der Waals surface area (Å²) in [6.07, 6.45) is 0. The van der Waals surface area contributed by atoms with E-state index < -0.39 is 59.1 Å². The van der Waals surface area contributed by atoms with Gasteiger partial charge < -0.3 is 29.5 Å². The number of rotatable bonds is 16. The maximum Gasteiger partial charge on any atom is 0.308 e. The molecule has 6 aromatic rings. The summed E-state index contributed by atoms with van der Waals surface area (Å²) in [7, 11) is 0. The van der Waals surface area contributed by atoms with E-state index in [9.17, 15) is 38.2 Å². The molecule has 60 heavy (non-hydrogen) atoms. The van der Waals surface area contributed by atoms with E-state index in [0.717, 1.165) is 0 Å². The first-order chi connectivity index (χ1) is 29.0. The van der Waals surface area contributed by atoms with Crippen LogP contribution in [0.3, 0.4) is 0 Å². The topological polar surface area (TPSA) is 134 Å². The van der Waals surface area contributed by atoms with Gasteiger partial charge in [0.05, 0.1) is 23.7 Å². The maximum absolute atomic E-state index is 14.8. The maximum atomic E-state index is 14.8. The number of hydrogen-bond acceptors (Lipinski definition) is 6. The molecule has 2 amide bonds. The molecule has 0 aromatic heterocycles. The Morgan fingerprint density at radius 3 is 0.950 bits per heavy atom. The van der Waals surface area contributed by atoms with Crippen molar-refractivity contribution in [3.05, 3.63) is 192 Å². The summed E-state index contributed by atoms with van der Waals surface area (Å²) >= 11 is 0. The number of carbonyl (C=O) groups excluding carboxylic acids is 2. The number of amides is 2. The number of carboxylic acids is 2. The van der Waals surface area contributed by atoms with E-state index >= 15 is 0 Å². The van der Waals surface area contributed by atoms with E-state index in [0.29, 0.717) is 45.3 Å². The van der Waals surface area contributed by atoms with Gasteiger partial charge in [-0.25, -0.2) is 8.78 Å². The van der Waals surface area contributed by atoms with Crippen LogP contribution in [0.15, 0.2) is 158 Å². The van der Waals surface area contributed by atoms with Crippen molar-refractivity contribution in [2.45, 2.75) is 26.2 Å². The summed E-state index contributed by atoms with van der Waals surface area (Å²) < 4.78 is 39.7. The average Bonchev–Trinajstić information content (AvgIpc) is 3.23. The highest BCUT2D eigenvalue weighted by molar-refractivity contribution is 5.99. The molecule has 0 spiro atoms. The Balaban J connectivity index is 1.20. The van der Waals surface area contributed by atoms with Crippen molar-refractivity contribution in [2.24, 2.45) is 23.7 Å². The quantitative estimate of drug-likeness (QED) is 0.0991. The van der Waals surface area contributed by atoms with Gasteiger partial charge in [0, 0.05) is 26.2 Å². The third-order valence-electron chi connectivity index (χ3n) is 10.4. The minimum atomic E-state index is -1.73. The molecule has 6 aromatic carbocycles. The lowest BCUT2D eigenvalue weighted by atomic mass is 9.55. The van der Waals surface area contributed by atoms with Crippen LogP contribution in [0.4, 0.5) is 8.78 Å². The van der Waals surface area contributed by atoms with Crippen LogP contribution in [0.25, 0.3) is 0 Å². The lowest BCUT2D eigenvalue weighted by molar-refractivity contribution is -0.188. The monoisotopic (exact) mass is 810 g/mol. The summed E-state index contributed by atoms with van der Waals surface area (Å²) in [5.41, 5.74) is 2.31. The van der Waals surface area contributed by atoms with Crippen molar-refractivity contribution in [3.63, 3.8) is 0 Å². The zero-order valence-corrected chi connectivity index (χ0v) is 32.1. The molecule has 7 rings (SSSR count). The average molecular weight is 811 g/mol. The third kappa shape index (κ3) is 9.84. The normalized spacial score (nSPS) is 16.8. The fraction of sp³-hybridized carbons (Fsp3) is 0.167. The second-order valence-electron chi connectivity index (χ2n) is 14.5. The largest absolute Gasteiger partial charge is 0.481 e. The van der Waals surface area contributed by atoms with Gasteiger partial charge in [-0.05, 0) is 95.1 Å². The molecule has 4 atom stereocenters. The summed E-state index contributed by atoms with van der Waals surface area (Å²) in [5.74, 6) is -9.88. The molecule has 1 aliphatic carbocycles. The van der Waals surface area contributed by atoms with Gasteiger partial charge in [-0.3, -0.25) is 19.2 Å². The highest BCUT2D eigenvalue weighted by atomic mass is 19.1. The number of hydrogen-bond donors (Lipinski definition) is 2. The van der Waals surface area contributed by atoms with Gasteiger partial charge in [-0.15, -0.1) is 0 Å². The van der Waals surface area contributed by atoms with Crippen molar-refractivity contribution in [1.82, 2.24) is 9.80 Å². The van der Waals surface area contributed by atoms with Crippen LogP contribution in [0.2, 0.25) is 0 Å². The van der Waals surface area contributed by atoms with Gasteiger partial charge in [0.2, 0.25) is 11.8 Å². The van der Waals surface area contributed by atoms with Crippen LogP contribution in [-0.4, -0.2) is 43.8 Å². The number of carboxylic acid groups (broad SMARTS) is 2. The number of halogens is 2. The Morgan fingerprint density at radius 2 is 0.667 bits per heavy atom. The first-order valence-corrected chi connectivity index (χ1v) is 19.2. The standard InChI is InChI=1S/C48H40F2N2O8/c49-35-19-11-31(12-20-35)27-51(29-33-15-23-39(24-16-33)59-37-7-3-1-4-8-37)45(53)41-42(44(48(57)58)43(41)47(55)56)46(54)52(28-32-13-21-36(50)22-14-32)30-34-17-25-40(26-18-34)60-38-9-5-2-6-10-38/h1-26,41-44H,27-30H2,(H,55,56)(H,57,58)/t41-,42-,43-,44-/m0/s1. The summed E-state index contributed by atoms with van der Waals surface area (Å²) in [4.78, 5) is 58.0. The van der Waals surface area contributed by atoms with Crippen LogP contribution in [0.1, 0.15) is 22.3 Å². The number of benzene rings is 6. The molecule has 1 saturated carbocycles. The molecule has 12 heteroatoms. The fourth-order valence-electron chi connectivity index (χ4n) is 7.46. The Kier molecular flexibility index (Phi) is 12.6. The Labute approximate surface area is 344 Å². The zero-order valence-electron chi connectivity index (χ0n) is 32.1. The molecule has 0 radical (unpaired) electrons. The van der Waals surface area contributed by atoms with E-state index in [-0.39, 0.29) is 26.2 Å². The van der Waals surface area contributed by atoms with Crippen molar-refractivity contribution in [1.29, 1.82) is 0 Å². The van der Waals surface area contributed by atoms with Gasteiger partial charge >= 0.3 is 11.9 Å². The molecule has 2 N–H and O–H groups in total. The summed E-state index contributed by atoms with van der Waals surface area (Å²) in [5, 5.41) is 20.8. The van der Waals surface area contributed by atoms with Crippen LogP contribution in [0, 0.1) is 35.3 Å². The summed E-state index contributed by atoms with van der Waals surface area (Å²) in [6, 6.07) is 43.0. The molecule has 1 aliphatic rings. The second-order valence-corrected chi connectivity index (χ2v) is 14.5. The van der Waals surface area contributed by atoms with Crippen LogP contribution < -0.4 is 9.47 Å². The first-order valence-electron chi connectivity index (χ1n) is 19.2. The Hall–Kier alpha value is -7.34. The molecule has 1 fully saturated rings. The van der Waals surface area contributed by atoms with Gasteiger partial charge in [-0.1, -0.05) is 84.9 Å². The number of para-hydroxylation sites is 2. The van der Waals surface area contributed by atoms with E-state index in [4.69, 9.17) is 9.47 Å². The van der Waals surface area contributed by atoms with Crippen molar-refractivity contribution in [3.8, 4) is 23.0 Å². The van der Waals surface area contributed by atoms with Gasteiger partial charge in [0.25, 0.3) is 0 Å². The number of nitrogens with zero attached hydrogens (tertiary/aromatic N) is 2. The van der Waals surface area contributed by atoms with Crippen molar-refractivity contribution >= 4 is 23.8 Å². The summed E-state index contributed by atoms with van der Waals surface area (Å²) in [6.45, 7) is -0.306. The molecular formula is C48H40F2N2O8. The van der Waals surface area contributed by atoms with Crippen LogP contribution in [-0.2, 0) is 45.4 Å². The lowest BCUT2D eigenvalue weighted by Gasteiger charge is -2.48. The molecule has 0 unspecified atom stereocenters. The van der Waals surface area contributed by atoms with E-state index in [2.05, 4.69) is 0 Å². The molecular weight excluding hydrogens is 771 g/mol. The Bertz CT molecular complexity index is 2240. The van der Waals surface area contributed by atoms with Gasteiger partial charge in [0.15, 0.2) is 0 Å². The third-order valence-corrected chi connectivity index (χ3v) is 10.4. The highest BCUT2D eigenvalue weighted by Gasteiger charge is 2.65. The molecule has 0 saturated heterocycles. The molecule has 0 aliphatic heterocycles. The second kappa shape index (κ2) is 18.5. The van der Waals surface area contributed by atoms with Crippen LogP contribution >= 0.6 is 0 Å². The number of ether oxygens (including phenoxy) is 2. The van der Waals surface area contributed by atoms with Gasteiger partial charge in [0.1, 0.15) is 34.6 Å². The number of aliphatic carboxylic acids is 2. The van der Waals surface area contributed by atoms with Crippen LogP contribution in [0.5, 0.6) is 23.0 Å². The minimum Gasteiger partial charge on any atom is -0.481 e. The number of carbonyl (C=O) groups is 4. The SMILES string of the molecule is O=C(O)[C@@H]1[C@@H](C(=O)O)[C@@H](C(=O)N(Cc2ccc(F)cc2)Cc2ccc(Oc3ccccc3)cc2)[C@@H]1C(=O)N(Cc1ccc(F)cc1)Cc1ccc(Oc2ccccc2)cc1. The van der Waals surface area contributed by atoms with E-state index in [1.807, 2.05) is 36.4 Å². The molecule has 0 bridgehead atoms. The lowest BCUT2D eigenvalue weighted by Crippen LogP contribution is -2.64. The predicted octanol–water partition coefficient (Wildman–Crippen LogP) is 8.95. The minimum absolute atomic E-state index is 0.0555. The molecule has 304 valence electrons. The van der Waals surface area contributed by atoms with E-state index in [1.54, 1.807) is 72.8 Å².